The number of pyridine rings is 2. The topological polar surface area (TPSA) is 119 Å². The van der Waals surface area contributed by atoms with E-state index in [1.165, 1.54) is 33.0 Å². The van der Waals surface area contributed by atoms with E-state index in [1.54, 1.807) is 0 Å². The highest BCUT2D eigenvalue weighted by Crippen LogP contribution is 2.35. The van der Waals surface area contributed by atoms with E-state index in [0.717, 1.165) is 132 Å². The van der Waals surface area contributed by atoms with Crippen LogP contribution in [0, 0.1) is 0 Å². The van der Waals surface area contributed by atoms with Gasteiger partial charge in [-0.15, -0.1) is 0 Å². The first-order chi connectivity index (χ1) is 33.4. The van der Waals surface area contributed by atoms with Crippen LogP contribution >= 0.6 is 0 Å². The van der Waals surface area contributed by atoms with Gasteiger partial charge in [-0.25, -0.2) is 9.97 Å². The molecule has 340 valence electrons. The van der Waals surface area contributed by atoms with Crippen LogP contribution in [-0.4, -0.2) is 120 Å². The molecule has 4 aromatic carbocycles. The van der Waals surface area contributed by atoms with E-state index in [-0.39, 0.29) is 12.1 Å². The second-order valence-electron chi connectivity index (χ2n) is 19.0. The summed E-state index contributed by atoms with van der Waals surface area (Å²) in [5.41, 5.74) is 15.9. The molecule has 68 heavy (non-hydrogen) atoms. The number of Topliss-reactive ketones (excluding diaryl/α,β-unsaturated/α-hetero) is 1. The van der Waals surface area contributed by atoms with Crippen molar-refractivity contribution in [1.82, 2.24) is 49.5 Å². The molecule has 12 rings (SSSR count). The van der Waals surface area contributed by atoms with Crippen LogP contribution in [0.1, 0.15) is 25.0 Å². The van der Waals surface area contributed by atoms with Gasteiger partial charge in [0.25, 0.3) is 0 Å². The zero-order chi connectivity index (χ0) is 45.7. The molecule has 2 aliphatic heterocycles. The predicted octanol–water partition coefficient (Wildman–Crippen LogP) is 10.4. The monoisotopic (exact) mass is 896 g/mol. The van der Waals surface area contributed by atoms with Gasteiger partial charge in [0.1, 0.15) is 11.3 Å². The number of H-pyrrole nitrogens is 4. The predicted molar refractivity (Wildman–Crippen MR) is 275 cm³/mol. The van der Waals surface area contributed by atoms with Gasteiger partial charge in [0.05, 0.1) is 12.1 Å². The van der Waals surface area contributed by atoms with Gasteiger partial charge in [0.2, 0.25) is 0 Å². The van der Waals surface area contributed by atoms with E-state index in [1.807, 2.05) is 24.8 Å². The summed E-state index contributed by atoms with van der Waals surface area (Å²) in [6.07, 6.45) is 12.0. The van der Waals surface area contributed by atoms with Crippen molar-refractivity contribution >= 4 is 49.7 Å². The molecule has 8 heterocycles. The van der Waals surface area contributed by atoms with Crippen molar-refractivity contribution in [3.63, 3.8) is 0 Å². The molecule has 0 radical (unpaired) electrons. The van der Waals surface area contributed by atoms with Gasteiger partial charge in [-0.3, -0.25) is 24.4 Å². The normalized spacial score (nSPS) is 16.6. The lowest BCUT2D eigenvalue weighted by molar-refractivity contribution is -0.130. The van der Waals surface area contributed by atoms with Gasteiger partial charge < -0.3 is 19.9 Å². The van der Waals surface area contributed by atoms with Crippen molar-refractivity contribution in [3.8, 4) is 44.5 Å². The van der Waals surface area contributed by atoms with E-state index in [2.05, 4.69) is 175 Å². The summed E-state index contributed by atoms with van der Waals surface area (Å²) >= 11 is 0. The second-order valence-corrected chi connectivity index (χ2v) is 19.0. The summed E-state index contributed by atoms with van der Waals surface area (Å²) in [6.45, 7) is 13.4. The highest BCUT2D eigenvalue weighted by atomic mass is 16.1. The molecule has 11 nitrogen and oxygen atoms in total. The summed E-state index contributed by atoms with van der Waals surface area (Å²) in [7, 11) is 0. The SMILES string of the molecule is CC(C(=O)C(C)N1CCN(Cc2ccc(-c3cnc4[nH]cc(-c5ccc6[nH]ccc6c5)c4c3)cc2)CC1)N1CCN(Cc2ccc(-c3cnc4[nH]cc(-c5ccc6[nH]ccc6c5)c4c3)cc2)CC1. The first kappa shape index (κ1) is 42.2. The second kappa shape index (κ2) is 17.8. The maximum Gasteiger partial charge on any atom is 0.166 e. The number of piperazine rings is 2. The number of hydrogen-bond acceptors (Lipinski definition) is 7. The van der Waals surface area contributed by atoms with E-state index in [0.29, 0.717) is 5.78 Å². The van der Waals surface area contributed by atoms with Crippen LogP contribution in [0.5, 0.6) is 0 Å². The van der Waals surface area contributed by atoms with Crippen LogP contribution in [0.2, 0.25) is 0 Å². The largest absolute Gasteiger partial charge is 0.361 e. The lowest BCUT2D eigenvalue weighted by Gasteiger charge is -2.41. The molecule has 2 unspecified atom stereocenters. The van der Waals surface area contributed by atoms with Gasteiger partial charge in [-0.2, -0.15) is 0 Å². The Bertz CT molecular complexity index is 3170. The van der Waals surface area contributed by atoms with E-state index in [4.69, 9.17) is 9.97 Å². The summed E-state index contributed by atoms with van der Waals surface area (Å²) in [5, 5.41) is 4.64. The smallest absolute Gasteiger partial charge is 0.166 e. The average Bonchev–Trinajstić information content (AvgIpc) is 4.23. The minimum Gasteiger partial charge on any atom is -0.361 e. The summed E-state index contributed by atoms with van der Waals surface area (Å²) in [4.78, 5) is 46.6. The quantitative estimate of drug-likeness (QED) is 0.0964. The lowest BCUT2D eigenvalue weighted by Crippen LogP contribution is -2.57. The molecule has 2 atom stereocenters. The molecule has 4 N–H and O–H groups in total. The summed E-state index contributed by atoms with van der Waals surface area (Å²) in [5.74, 6) is 0.334. The number of aromatic amines is 4. The Morgan fingerprint density at radius 1 is 0.485 bits per heavy atom. The van der Waals surface area contributed by atoms with Crippen LogP contribution in [0.4, 0.5) is 0 Å². The molecule has 0 spiro atoms. The number of hydrogen-bond donors (Lipinski definition) is 4. The van der Waals surface area contributed by atoms with Gasteiger partial charge in [0, 0.05) is 147 Å². The standard InChI is InChI=1S/C57H56N10O/c1-37(66-23-19-64(20-24-66)35-39-3-7-41(8-4-39)47-29-49-51(33-62-56(49)60-31-47)43-11-13-53-45(27-43)15-17-58-53)55(68)38(2)67-25-21-65(22-26-67)36-40-5-9-42(10-6-40)48-30-50-52(34-63-57(50)61-32-48)44-12-14-54-46(28-44)16-18-59-54/h3-18,27-34,37-38,58-59H,19-26,35-36H2,1-2H3,(H,60,62)(H,61,63). The van der Waals surface area contributed by atoms with Gasteiger partial charge in [-0.1, -0.05) is 60.7 Å². The average molecular weight is 897 g/mol. The molecule has 2 aliphatic rings. The van der Waals surface area contributed by atoms with Crippen LogP contribution in [0.15, 0.2) is 146 Å². The first-order valence-electron chi connectivity index (χ1n) is 24.1. The Morgan fingerprint density at radius 2 is 0.897 bits per heavy atom. The van der Waals surface area contributed by atoms with E-state index < -0.39 is 0 Å². The molecule has 10 aromatic rings. The van der Waals surface area contributed by atoms with Gasteiger partial charge >= 0.3 is 0 Å². The Labute approximate surface area is 395 Å². The number of ketones is 1. The third-order valence-corrected chi connectivity index (χ3v) is 14.9. The van der Waals surface area contributed by atoms with Crippen molar-refractivity contribution in [2.45, 2.75) is 39.0 Å². The molecular formula is C57H56N10O. The maximum absolute atomic E-state index is 13.9. The summed E-state index contributed by atoms with van der Waals surface area (Å²) < 4.78 is 0. The molecular weight excluding hydrogens is 841 g/mol. The highest BCUT2D eigenvalue weighted by Gasteiger charge is 2.32. The fourth-order valence-corrected chi connectivity index (χ4v) is 10.7. The Balaban J connectivity index is 0.606. The number of aromatic nitrogens is 6. The zero-order valence-electron chi connectivity index (χ0n) is 38.7. The number of benzene rings is 4. The first-order valence-corrected chi connectivity index (χ1v) is 24.1. The van der Waals surface area contributed by atoms with Crippen LogP contribution < -0.4 is 0 Å². The molecule has 11 heteroatoms. The van der Waals surface area contributed by atoms with Crippen LogP contribution in [-0.2, 0) is 17.9 Å². The fraction of sp³-hybridized carbons (Fsp3) is 0.246. The third kappa shape index (κ3) is 8.21. The maximum atomic E-state index is 13.9. The van der Waals surface area contributed by atoms with E-state index >= 15 is 0 Å². The molecule has 0 saturated carbocycles. The molecule has 6 aromatic heterocycles. The molecule has 2 saturated heterocycles. The Kier molecular flexibility index (Phi) is 11.1. The number of fused-ring (bicyclic) bond motifs is 4. The molecule has 0 bridgehead atoms. The van der Waals surface area contributed by atoms with Crippen LogP contribution in [0.3, 0.4) is 0 Å². The van der Waals surface area contributed by atoms with Crippen molar-refractivity contribution in [2.75, 3.05) is 52.4 Å². The number of carbonyl (C=O) groups excluding carboxylic acids is 1. The number of nitrogens with zero attached hydrogens (tertiary/aromatic N) is 6. The highest BCUT2D eigenvalue weighted by molar-refractivity contribution is 5.99. The number of carbonyl (C=O) groups is 1. The number of nitrogens with one attached hydrogen (secondary N) is 4. The van der Waals surface area contributed by atoms with Crippen molar-refractivity contribution in [3.05, 3.63) is 158 Å². The zero-order valence-corrected chi connectivity index (χ0v) is 38.7. The van der Waals surface area contributed by atoms with Gasteiger partial charge in [0.15, 0.2) is 5.78 Å². The minimum atomic E-state index is -0.0975. The van der Waals surface area contributed by atoms with E-state index in [9.17, 15) is 4.79 Å². The van der Waals surface area contributed by atoms with Crippen molar-refractivity contribution < 1.29 is 4.79 Å². The fourth-order valence-electron chi connectivity index (χ4n) is 10.7. The Morgan fingerprint density at radius 3 is 1.32 bits per heavy atom. The minimum absolute atomic E-state index is 0.0975. The van der Waals surface area contributed by atoms with Crippen LogP contribution in [0.25, 0.3) is 88.4 Å². The molecule has 0 aliphatic carbocycles. The Hall–Kier alpha value is -7.15. The number of rotatable bonds is 12. The van der Waals surface area contributed by atoms with Gasteiger partial charge in [-0.05, 0) is 107 Å². The van der Waals surface area contributed by atoms with Crippen molar-refractivity contribution in [1.29, 1.82) is 0 Å². The molecule has 0 amide bonds. The lowest BCUT2D eigenvalue weighted by atomic mass is 10.0. The summed E-state index contributed by atoms with van der Waals surface area (Å²) in [6, 6.07) is 39.5. The molecule has 2 fully saturated rings. The van der Waals surface area contributed by atoms with Crippen molar-refractivity contribution in [2.24, 2.45) is 0 Å². The third-order valence-electron chi connectivity index (χ3n) is 14.9.